The summed E-state index contributed by atoms with van der Waals surface area (Å²) < 4.78 is 0. The maximum atomic E-state index is 12.6. The lowest BCUT2D eigenvalue weighted by Crippen LogP contribution is -2.52. The molecule has 1 unspecified atom stereocenters. The highest BCUT2D eigenvalue weighted by atomic mass is 32.1. The van der Waals surface area contributed by atoms with E-state index in [-0.39, 0.29) is 17.9 Å². The molecule has 0 N–H and O–H groups in total. The Labute approximate surface area is 161 Å². The third-order valence-electron chi connectivity index (χ3n) is 5.93. The fourth-order valence-corrected chi connectivity index (χ4v) is 4.80. The molecule has 1 aliphatic carbocycles. The summed E-state index contributed by atoms with van der Waals surface area (Å²) in [7, 11) is 1.88. The molecule has 1 saturated carbocycles. The molecule has 0 radical (unpaired) electrons. The average molecular weight is 378 g/mol. The van der Waals surface area contributed by atoms with E-state index < -0.39 is 0 Å². The summed E-state index contributed by atoms with van der Waals surface area (Å²) in [5.41, 5.74) is 0. The number of likely N-dealkylation sites (N-methyl/N-ethyl adjacent to an activating group) is 1. The van der Waals surface area contributed by atoms with Crippen LogP contribution in [0.25, 0.3) is 0 Å². The third kappa shape index (κ3) is 4.65. The Bertz CT molecular complexity index is 590. The van der Waals surface area contributed by atoms with Gasteiger partial charge in [-0.3, -0.25) is 14.5 Å². The molecule has 2 fully saturated rings. The van der Waals surface area contributed by atoms with Gasteiger partial charge >= 0.3 is 0 Å². The third-order valence-corrected chi connectivity index (χ3v) is 6.97. The van der Waals surface area contributed by atoms with Crippen molar-refractivity contribution in [1.82, 2.24) is 14.7 Å². The highest BCUT2D eigenvalue weighted by Gasteiger charge is 2.29. The van der Waals surface area contributed by atoms with Gasteiger partial charge in [-0.2, -0.15) is 0 Å². The molecular formula is C20H31N3O2S. The minimum atomic E-state index is 0.108. The molecule has 144 valence electrons. The van der Waals surface area contributed by atoms with Crippen molar-refractivity contribution in [3.8, 4) is 0 Å². The van der Waals surface area contributed by atoms with E-state index in [1.54, 1.807) is 11.3 Å². The molecule has 2 aliphatic rings. The van der Waals surface area contributed by atoms with Gasteiger partial charge < -0.3 is 9.80 Å². The van der Waals surface area contributed by atoms with E-state index in [9.17, 15) is 9.59 Å². The van der Waals surface area contributed by atoms with Crippen molar-refractivity contribution in [2.24, 2.45) is 5.92 Å². The Morgan fingerprint density at radius 2 is 1.88 bits per heavy atom. The van der Waals surface area contributed by atoms with Gasteiger partial charge in [0.1, 0.15) is 0 Å². The Hall–Kier alpha value is -1.40. The van der Waals surface area contributed by atoms with E-state index in [1.807, 2.05) is 28.3 Å². The van der Waals surface area contributed by atoms with Crippen LogP contribution in [0.3, 0.4) is 0 Å². The highest BCUT2D eigenvalue weighted by molar-refractivity contribution is 7.10. The molecule has 1 aromatic rings. The standard InChI is InChI=1S/C20H31N3O2S/c1-16(18-9-6-14-26-18)21(2)19(24)15-22-10-12-23(13-11-22)20(25)17-7-4-3-5-8-17/h6,9,14,16-17H,3-5,7-8,10-13,15H2,1-2H3. The normalized spacial score (nSPS) is 20.8. The lowest BCUT2D eigenvalue weighted by atomic mass is 9.88. The van der Waals surface area contributed by atoms with Crippen LogP contribution in [0.1, 0.15) is 49.9 Å². The van der Waals surface area contributed by atoms with Crippen LogP contribution in [0.15, 0.2) is 17.5 Å². The lowest BCUT2D eigenvalue weighted by molar-refractivity contribution is -0.139. The largest absolute Gasteiger partial charge is 0.340 e. The van der Waals surface area contributed by atoms with Gasteiger partial charge in [0.15, 0.2) is 0 Å². The molecule has 1 aliphatic heterocycles. The van der Waals surface area contributed by atoms with Gasteiger partial charge in [-0.05, 0) is 31.2 Å². The number of hydrogen-bond acceptors (Lipinski definition) is 4. The topological polar surface area (TPSA) is 43.9 Å². The lowest BCUT2D eigenvalue weighted by Gasteiger charge is -2.37. The van der Waals surface area contributed by atoms with Crippen LogP contribution in [0, 0.1) is 5.92 Å². The van der Waals surface area contributed by atoms with Gasteiger partial charge in [-0.25, -0.2) is 0 Å². The molecule has 0 spiro atoms. The van der Waals surface area contributed by atoms with Crippen molar-refractivity contribution < 1.29 is 9.59 Å². The zero-order chi connectivity index (χ0) is 18.5. The summed E-state index contributed by atoms with van der Waals surface area (Å²) in [6.45, 7) is 5.62. The number of carbonyl (C=O) groups is 2. The molecule has 1 saturated heterocycles. The van der Waals surface area contributed by atoms with Gasteiger partial charge in [0.05, 0.1) is 12.6 Å². The molecule has 5 nitrogen and oxygen atoms in total. The summed E-state index contributed by atoms with van der Waals surface area (Å²) in [6, 6.07) is 4.21. The monoisotopic (exact) mass is 377 g/mol. The maximum absolute atomic E-state index is 12.6. The first-order valence-corrected chi connectivity index (χ1v) is 10.7. The number of hydrogen-bond donors (Lipinski definition) is 0. The Kier molecular flexibility index (Phi) is 6.70. The van der Waals surface area contributed by atoms with Crippen LogP contribution in [-0.4, -0.2) is 66.3 Å². The summed E-state index contributed by atoms with van der Waals surface area (Å²) >= 11 is 1.69. The fourth-order valence-electron chi connectivity index (χ4n) is 3.97. The number of rotatable bonds is 5. The molecule has 1 atom stereocenters. The van der Waals surface area contributed by atoms with E-state index in [0.717, 1.165) is 39.0 Å². The minimum absolute atomic E-state index is 0.108. The summed E-state index contributed by atoms with van der Waals surface area (Å²) in [4.78, 5) is 32.5. The van der Waals surface area contributed by atoms with Gasteiger partial charge in [-0.15, -0.1) is 11.3 Å². The van der Waals surface area contributed by atoms with E-state index in [2.05, 4.69) is 17.9 Å². The Morgan fingerprint density at radius 1 is 1.19 bits per heavy atom. The number of amides is 2. The van der Waals surface area contributed by atoms with Gasteiger partial charge in [0, 0.05) is 44.0 Å². The van der Waals surface area contributed by atoms with Crippen LogP contribution in [0.4, 0.5) is 0 Å². The molecule has 0 bridgehead atoms. The van der Waals surface area contributed by atoms with Gasteiger partial charge in [0.2, 0.25) is 11.8 Å². The van der Waals surface area contributed by atoms with Crippen molar-refractivity contribution in [1.29, 1.82) is 0 Å². The summed E-state index contributed by atoms with van der Waals surface area (Å²) in [5, 5.41) is 2.05. The first kappa shape index (κ1) is 19.4. The van der Waals surface area contributed by atoms with Crippen molar-refractivity contribution in [3.63, 3.8) is 0 Å². The van der Waals surface area contributed by atoms with Crippen LogP contribution in [0.2, 0.25) is 0 Å². The zero-order valence-corrected chi connectivity index (χ0v) is 16.8. The van der Waals surface area contributed by atoms with Crippen LogP contribution in [-0.2, 0) is 9.59 Å². The van der Waals surface area contributed by atoms with Gasteiger partial charge in [-0.1, -0.05) is 25.3 Å². The van der Waals surface area contributed by atoms with Crippen LogP contribution >= 0.6 is 11.3 Å². The Morgan fingerprint density at radius 3 is 2.50 bits per heavy atom. The quantitative estimate of drug-likeness (QED) is 0.792. The van der Waals surface area contributed by atoms with Crippen LogP contribution in [0.5, 0.6) is 0 Å². The van der Waals surface area contributed by atoms with E-state index in [0.29, 0.717) is 12.5 Å². The average Bonchev–Trinajstić information content (AvgIpc) is 3.22. The van der Waals surface area contributed by atoms with Gasteiger partial charge in [0.25, 0.3) is 0 Å². The maximum Gasteiger partial charge on any atom is 0.237 e. The first-order chi connectivity index (χ1) is 12.6. The number of thiophene rings is 1. The predicted octanol–water partition coefficient (Wildman–Crippen LogP) is 2.99. The zero-order valence-electron chi connectivity index (χ0n) is 16.0. The molecule has 3 rings (SSSR count). The number of nitrogens with zero attached hydrogens (tertiary/aromatic N) is 3. The second kappa shape index (κ2) is 9.00. The second-order valence-corrected chi connectivity index (χ2v) is 8.61. The molecule has 0 aromatic carbocycles. The van der Waals surface area contributed by atoms with E-state index >= 15 is 0 Å². The molecule has 2 amide bonds. The van der Waals surface area contributed by atoms with Crippen molar-refractivity contribution in [3.05, 3.63) is 22.4 Å². The Balaban J connectivity index is 1.44. The minimum Gasteiger partial charge on any atom is -0.340 e. The number of piperazine rings is 1. The SMILES string of the molecule is CC(c1cccs1)N(C)C(=O)CN1CCN(C(=O)C2CCCCC2)CC1. The van der Waals surface area contributed by atoms with Crippen LogP contribution < -0.4 is 0 Å². The van der Waals surface area contributed by atoms with E-state index in [1.165, 1.54) is 24.1 Å². The van der Waals surface area contributed by atoms with E-state index in [4.69, 9.17) is 0 Å². The number of carbonyl (C=O) groups excluding carboxylic acids is 2. The predicted molar refractivity (Wildman–Crippen MR) is 105 cm³/mol. The highest BCUT2D eigenvalue weighted by Crippen LogP contribution is 2.26. The first-order valence-electron chi connectivity index (χ1n) is 9.86. The molecule has 2 heterocycles. The second-order valence-electron chi connectivity index (χ2n) is 7.63. The summed E-state index contributed by atoms with van der Waals surface area (Å²) in [5.74, 6) is 0.742. The molecule has 1 aromatic heterocycles. The van der Waals surface area contributed by atoms with Crippen molar-refractivity contribution >= 4 is 23.2 Å². The molecule has 26 heavy (non-hydrogen) atoms. The smallest absolute Gasteiger partial charge is 0.237 e. The fraction of sp³-hybridized carbons (Fsp3) is 0.700. The molecule has 6 heteroatoms. The molecular weight excluding hydrogens is 346 g/mol. The summed E-state index contributed by atoms with van der Waals surface area (Å²) in [6.07, 6.45) is 5.78. The van der Waals surface area contributed by atoms with Crippen molar-refractivity contribution in [2.75, 3.05) is 39.8 Å². The van der Waals surface area contributed by atoms with Crippen molar-refractivity contribution in [2.45, 2.75) is 45.1 Å².